The van der Waals surface area contributed by atoms with Gasteiger partial charge in [-0.05, 0) is 44.9 Å². The third-order valence-electron chi connectivity index (χ3n) is 5.79. The zero-order valence-electron chi connectivity index (χ0n) is 15.5. The molecule has 0 saturated heterocycles. The van der Waals surface area contributed by atoms with Gasteiger partial charge in [0.2, 0.25) is 0 Å². The van der Waals surface area contributed by atoms with Gasteiger partial charge in [-0.1, -0.05) is 26.0 Å². The normalized spacial score (nSPS) is 24.6. The fourth-order valence-electron chi connectivity index (χ4n) is 3.83. The van der Waals surface area contributed by atoms with Crippen LogP contribution in [0.25, 0.3) is 0 Å². The molecule has 1 aromatic rings. The van der Waals surface area contributed by atoms with Gasteiger partial charge in [0, 0.05) is 23.7 Å². The summed E-state index contributed by atoms with van der Waals surface area (Å²) in [6.45, 7) is 12.4. The standard InChI is InChI=1S/C21H31N2O/c1-5-17(3)22(18(4)6-2)16-23-13-9-11-20(23)15-24-21-12-8-7-10-19(21)14-23/h7-12,15,17-18H,5-6,13-14,16H2,1-4H3/q+1. The minimum atomic E-state index is 0.591. The van der Waals surface area contributed by atoms with Crippen LogP contribution in [0.5, 0.6) is 5.75 Å². The van der Waals surface area contributed by atoms with Crippen molar-refractivity contribution in [2.45, 2.75) is 59.2 Å². The van der Waals surface area contributed by atoms with Crippen LogP contribution < -0.4 is 4.74 Å². The molecule has 0 N–H and O–H groups in total. The molecule has 0 fully saturated rings. The molecular weight excluding hydrogens is 296 g/mol. The van der Waals surface area contributed by atoms with E-state index in [1.54, 1.807) is 0 Å². The van der Waals surface area contributed by atoms with E-state index in [9.17, 15) is 0 Å². The maximum atomic E-state index is 6.00. The predicted molar refractivity (Wildman–Crippen MR) is 99.3 cm³/mol. The maximum absolute atomic E-state index is 6.00. The van der Waals surface area contributed by atoms with E-state index in [2.05, 4.69) is 69.0 Å². The molecule has 3 rings (SSSR count). The average molecular weight is 327 g/mol. The lowest BCUT2D eigenvalue weighted by Crippen LogP contribution is -2.55. The van der Waals surface area contributed by atoms with E-state index in [1.165, 1.54) is 24.1 Å². The molecular formula is C21H31N2O+. The van der Waals surface area contributed by atoms with Crippen LogP contribution in [-0.4, -0.2) is 34.7 Å². The number of hydrogen-bond acceptors (Lipinski definition) is 2. The van der Waals surface area contributed by atoms with Crippen LogP contribution in [-0.2, 0) is 6.54 Å². The summed E-state index contributed by atoms with van der Waals surface area (Å²) in [5, 5.41) is 0. The van der Waals surface area contributed by atoms with Crippen molar-refractivity contribution in [1.82, 2.24) is 4.90 Å². The van der Waals surface area contributed by atoms with Crippen molar-refractivity contribution < 1.29 is 9.22 Å². The van der Waals surface area contributed by atoms with E-state index < -0.39 is 0 Å². The molecule has 0 aromatic heterocycles. The van der Waals surface area contributed by atoms with Crippen molar-refractivity contribution in [3.8, 4) is 5.75 Å². The lowest BCUT2D eigenvalue weighted by molar-refractivity contribution is -0.904. The molecule has 0 amide bonds. The highest BCUT2D eigenvalue weighted by atomic mass is 16.5. The fourth-order valence-corrected chi connectivity index (χ4v) is 3.83. The molecule has 0 radical (unpaired) electrons. The first-order chi connectivity index (χ1) is 11.6. The van der Waals surface area contributed by atoms with E-state index in [0.717, 1.165) is 30.0 Å². The highest BCUT2D eigenvalue weighted by Gasteiger charge is 2.40. The minimum absolute atomic E-state index is 0.591. The monoisotopic (exact) mass is 327 g/mol. The second kappa shape index (κ2) is 7.12. The van der Waals surface area contributed by atoms with E-state index in [1.807, 2.05) is 6.26 Å². The fraction of sp³-hybridized carbons (Fsp3) is 0.524. The second-order valence-electron chi connectivity index (χ2n) is 7.33. The van der Waals surface area contributed by atoms with E-state index in [4.69, 9.17) is 4.74 Å². The van der Waals surface area contributed by atoms with E-state index in [0.29, 0.717) is 12.1 Å². The van der Waals surface area contributed by atoms with E-state index >= 15 is 0 Å². The number of benzene rings is 1. The number of hydrogen-bond donors (Lipinski definition) is 0. The third kappa shape index (κ3) is 3.15. The Morgan fingerprint density at radius 1 is 1.12 bits per heavy atom. The van der Waals surface area contributed by atoms with Crippen LogP contribution in [0.15, 0.2) is 48.4 Å². The molecule has 1 aromatic carbocycles. The molecule has 2 aliphatic heterocycles. The van der Waals surface area contributed by atoms with Crippen LogP contribution in [0.4, 0.5) is 0 Å². The molecule has 0 saturated carbocycles. The zero-order valence-corrected chi connectivity index (χ0v) is 15.5. The first kappa shape index (κ1) is 17.2. The van der Waals surface area contributed by atoms with Crippen molar-refractivity contribution in [3.05, 3.63) is 53.9 Å². The van der Waals surface area contributed by atoms with Gasteiger partial charge in [-0.25, -0.2) is 0 Å². The molecule has 24 heavy (non-hydrogen) atoms. The highest BCUT2D eigenvalue weighted by Crippen LogP contribution is 2.36. The van der Waals surface area contributed by atoms with Crippen LogP contribution in [0.2, 0.25) is 0 Å². The molecule has 3 atom stereocenters. The Kier molecular flexibility index (Phi) is 5.12. The first-order valence-corrected chi connectivity index (χ1v) is 9.33. The number of allylic oxidation sites excluding steroid dienone is 1. The van der Waals surface area contributed by atoms with Crippen LogP contribution in [0, 0.1) is 0 Å². The van der Waals surface area contributed by atoms with Gasteiger partial charge in [0.05, 0.1) is 0 Å². The van der Waals surface area contributed by atoms with Gasteiger partial charge < -0.3 is 4.74 Å². The van der Waals surface area contributed by atoms with Gasteiger partial charge in [0.1, 0.15) is 25.5 Å². The third-order valence-corrected chi connectivity index (χ3v) is 5.79. The molecule has 0 aliphatic carbocycles. The second-order valence-corrected chi connectivity index (χ2v) is 7.33. The zero-order chi connectivity index (χ0) is 17.2. The predicted octanol–water partition coefficient (Wildman–Crippen LogP) is 4.66. The van der Waals surface area contributed by atoms with Crippen molar-refractivity contribution in [3.63, 3.8) is 0 Å². The Morgan fingerprint density at radius 3 is 2.54 bits per heavy atom. The van der Waals surface area contributed by atoms with Crippen molar-refractivity contribution >= 4 is 0 Å². The summed E-state index contributed by atoms with van der Waals surface area (Å²) in [5.41, 5.74) is 2.60. The molecule has 3 heteroatoms. The Balaban J connectivity index is 1.94. The first-order valence-electron chi connectivity index (χ1n) is 9.33. The molecule has 0 spiro atoms. The number of quaternary nitrogens is 1. The summed E-state index contributed by atoms with van der Waals surface area (Å²) >= 11 is 0. The number of rotatable bonds is 6. The number of para-hydroxylation sites is 1. The molecule has 3 nitrogen and oxygen atoms in total. The summed E-state index contributed by atoms with van der Waals surface area (Å²) < 4.78 is 6.95. The Hall–Kier alpha value is -1.58. The van der Waals surface area contributed by atoms with Crippen molar-refractivity contribution in [1.29, 1.82) is 0 Å². The number of ether oxygens (including phenoxy) is 1. The molecule has 130 valence electrons. The smallest absolute Gasteiger partial charge is 0.169 e. The van der Waals surface area contributed by atoms with Gasteiger partial charge in [-0.2, -0.15) is 0 Å². The molecule has 2 heterocycles. The number of fused-ring (bicyclic) bond motifs is 2. The van der Waals surface area contributed by atoms with Crippen LogP contribution >= 0.6 is 0 Å². The SMILES string of the molecule is CCC(C)N(C[N+]12CC=CC1=COc1ccccc1C2)C(C)CC. The largest absolute Gasteiger partial charge is 0.458 e. The minimum Gasteiger partial charge on any atom is -0.458 e. The lowest BCUT2D eigenvalue weighted by Gasteiger charge is -2.42. The van der Waals surface area contributed by atoms with Gasteiger partial charge in [0.15, 0.2) is 12.0 Å². The average Bonchev–Trinajstić information content (AvgIpc) is 2.93. The maximum Gasteiger partial charge on any atom is 0.169 e. The Bertz CT molecular complexity index is 626. The van der Waals surface area contributed by atoms with Gasteiger partial charge >= 0.3 is 0 Å². The summed E-state index contributed by atoms with van der Waals surface area (Å²) in [6.07, 6.45) is 8.89. The Labute approximate surface area is 146 Å². The van der Waals surface area contributed by atoms with Gasteiger partial charge in [0.25, 0.3) is 0 Å². The summed E-state index contributed by atoms with van der Waals surface area (Å²) in [4.78, 5) is 2.69. The van der Waals surface area contributed by atoms with Crippen molar-refractivity contribution in [2.24, 2.45) is 0 Å². The summed E-state index contributed by atoms with van der Waals surface area (Å²) in [5.74, 6) is 1.00. The van der Waals surface area contributed by atoms with Crippen molar-refractivity contribution in [2.75, 3.05) is 13.2 Å². The van der Waals surface area contributed by atoms with E-state index in [-0.39, 0.29) is 0 Å². The lowest BCUT2D eigenvalue weighted by atomic mass is 10.1. The summed E-state index contributed by atoms with van der Waals surface area (Å²) in [6, 6.07) is 9.65. The van der Waals surface area contributed by atoms with Crippen LogP contribution in [0.3, 0.4) is 0 Å². The number of nitrogens with zero attached hydrogens (tertiary/aromatic N) is 2. The molecule has 2 aliphatic rings. The van der Waals surface area contributed by atoms with Crippen LogP contribution in [0.1, 0.15) is 46.1 Å². The summed E-state index contributed by atoms with van der Waals surface area (Å²) in [7, 11) is 0. The highest BCUT2D eigenvalue weighted by molar-refractivity contribution is 5.35. The molecule has 0 bridgehead atoms. The Morgan fingerprint density at radius 2 is 1.83 bits per heavy atom. The molecule has 3 unspecified atom stereocenters. The van der Waals surface area contributed by atoms with Gasteiger partial charge in [-0.15, -0.1) is 0 Å². The quantitative estimate of drug-likeness (QED) is 0.704. The topological polar surface area (TPSA) is 12.5 Å². The van der Waals surface area contributed by atoms with Gasteiger partial charge in [-0.3, -0.25) is 9.38 Å².